The van der Waals surface area contributed by atoms with E-state index < -0.39 is 9.84 Å². The number of aromatic nitrogens is 4. The molecule has 3 aromatic carbocycles. The number of halogens is 1. The van der Waals surface area contributed by atoms with Crippen molar-refractivity contribution in [1.29, 1.82) is 0 Å². The minimum absolute atomic E-state index is 0.0731. The van der Waals surface area contributed by atoms with Crippen LogP contribution >= 0.6 is 11.6 Å². The van der Waals surface area contributed by atoms with Crippen molar-refractivity contribution < 1.29 is 8.42 Å². The number of para-hydroxylation sites is 1. The molecule has 0 aliphatic rings. The number of nitrogens with zero attached hydrogens (tertiary/aromatic N) is 4. The largest absolute Gasteiger partial charge is 0.340 e. The number of benzene rings is 3. The summed E-state index contributed by atoms with van der Waals surface area (Å²) >= 11 is 5.92. The summed E-state index contributed by atoms with van der Waals surface area (Å²) < 4.78 is 28.0. The number of anilines is 2. The molecule has 0 unspecified atom stereocenters. The Balaban J connectivity index is 1.69. The van der Waals surface area contributed by atoms with Gasteiger partial charge in [0.2, 0.25) is 14.9 Å². The van der Waals surface area contributed by atoms with E-state index in [1.807, 2.05) is 48.5 Å². The van der Waals surface area contributed by atoms with Gasteiger partial charge < -0.3 is 5.32 Å². The molecule has 0 saturated carbocycles. The van der Waals surface area contributed by atoms with Crippen LogP contribution in [0, 0.1) is 0 Å². The Morgan fingerprint density at radius 1 is 0.969 bits per heavy atom. The third-order valence-corrected chi connectivity index (χ3v) is 7.14. The molecule has 2 aromatic heterocycles. The zero-order valence-corrected chi connectivity index (χ0v) is 18.6. The SMILES string of the molecule is CCc1ccc(Nc2nc3c(S(=O)(=O)c4ccc(Cl)cc4)nnn3c3ccccc23)cc1. The second kappa shape index (κ2) is 7.89. The lowest BCUT2D eigenvalue weighted by atomic mass is 10.1. The second-order valence-electron chi connectivity index (χ2n) is 7.24. The fraction of sp³-hybridized carbons (Fsp3) is 0.0870. The van der Waals surface area contributed by atoms with Crippen molar-refractivity contribution in [2.45, 2.75) is 23.3 Å². The maximum atomic E-state index is 13.3. The van der Waals surface area contributed by atoms with E-state index in [1.165, 1.54) is 34.3 Å². The number of fused-ring (bicyclic) bond motifs is 3. The minimum atomic E-state index is -3.95. The average Bonchev–Trinajstić information content (AvgIpc) is 3.25. The van der Waals surface area contributed by atoms with Crippen molar-refractivity contribution in [2.75, 3.05) is 5.32 Å². The first-order valence-electron chi connectivity index (χ1n) is 9.98. The van der Waals surface area contributed by atoms with Crippen LogP contribution in [0.4, 0.5) is 11.5 Å². The van der Waals surface area contributed by atoms with Crippen LogP contribution in [0.15, 0.2) is 82.7 Å². The number of hydrogen-bond acceptors (Lipinski definition) is 6. The number of sulfone groups is 1. The summed E-state index contributed by atoms with van der Waals surface area (Å²) in [7, 11) is -3.95. The second-order valence-corrected chi connectivity index (χ2v) is 9.54. The van der Waals surface area contributed by atoms with Crippen LogP contribution < -0.4 is 5.32 Å². The van der Waals surface area contributed by atoms with Gasteiger partial charge in [0.25, 0.3) is 0 Å². The molecule has 0 amide bonds. The molecular formula is C23H18ClN5O2S. The lowest BCUT2D eigenvalue weighted by molar-refractivity contribution is 0.592. The molecule has 5 aromatic rings. The molecule has 0 saturated heterocycles. The first-order valence-corrected chi connectivity index (χ1v) is 11.8. The summed E-state index contributed by atoms with van der Waals surface area (Å²) in [5.41, 5.74) is 2.90. The van der Waals surface area contributed by atoms with E-state index >= 15 is 0 Å². The fourth-order valence-electron chi connectivity index (χ4n) is 3.50. The van der Waals surface area contributed by atoms with E-state index in [0.29, 0.717) is 16.4 Å². The quantitative estimate of drug-likeness (QED) is 0.391. The normalized spacial score (nSPS) is 11.8. The molecule has 0 radical (unpaired) electrons. The van der Waals surface area contributed by atoms with Crippen molar-refractivity contribution in [3.05, 3.63) is 83.4 Å². The highest BCUT2D eigenvalue weighted by molar-refractivity contribution is 7.91. The van der Waals surface area contributed by atoms with Gasteiger partial charge >= 0.3 is 0 Å². The van der Waals surface area contributed by atoms with E-state index in [-0.39, 0.29) is 15.6 Å². The van der Waals surface area contributed by atoms with Crippen molar-refractivity contribution in [3.8, 4) is 0 Å². The van der Waals surface area contributed by atoms with Gasteiger partial charge in [-0.1, -0.05) is 48.0 Å². The van der Waals surface area contributed by atoms with Crippen molar-refractivity contribution in [3.63, 3.8) is 0 Å². The van der Waals surface area contributed by atoms with Crippen molar-refractivity contribution >= 4 is 49.5 Å². The molecule has 0 fully saturated rings. The minimum Gasteiger partial charge on any atom is -0.340 e. The van der Waals surface area contributed by atoms with Gasteiger partial charge in [-0.05, 0) is 60.5 Å². The van der Waals surface area contributed by atoms with Gasteiger partial charge in [-0.15, -0.1) is 5.10 Å². The van der Waals surface area contributed by atoms with Gasteiger partial charge in [-0.3, -0.25) is 0 Å². The zero-order chi connectivity index (χ0) is 22.3. The molecule has 0 bridgehead atoms. The molecule has 32 heavy (non-hydrogen) atoms. The van der Waals surface area contributed by atoms with E-state index in [2.05, 4.69) is 27.5 Å². The molecule has 0 atom stereocenters. The van der Waals surface area contributed by atoms with E-state index in [0.717, 1.165) is 17.5 Å². The van der Waals surface area contributed by atoms with E-state index in [9.17, 15) is 8.42 Å². The summed E-state index contributed by atoms with van der Waals surface area (Å²) in [4.78, 5) is 4.71. The highest BCUT2D eigenvalue weighted by atomic mass is 35.5. The Bertz CT molecular complexity index is 1550. The Morgan fingerprint density at radius 3 is 2.41 bits per heavy atom. The fourth-order valence-corrected chi connectivity index (χ4v) is 4.86. The van der Waals surface area contributed by atoms with Gasteiger partial charge in [-0.25, -0.2) is 13.4 Å². The number of aryl methyl sites for hydroxylation is 1. The summed E-state index contributed by atoms with van der Waals surface area (Å²) in [5.74, 6) is 0.521. The third-order valence-electron chi connectivity index (χ3n) is 5.23. The molecule has 9 heteroatoms. The number of rotatable bonds is 5. The molecule has 2 heterocycles. The van der Waals surface area contributed by atoms with Gasteiger partial charge in [0.05, 0.1) is 10.4 Å². The predicted octanol–water partition coefficient (Wildman–Crippen LogP) is 5.07. The lowest BCUT2D eigenvalue weighted by Crippen LogP contribution is -2.05. The van der Waals surface area contributed by atoms with E-state index in [1.54, 1.807) is 0 Å². The Hall–Kier alpha value is -3.49. The number of nitrogens with one attached hydrogen (secondary N) is 1. The standard InChI is InChI=1S/C23H18ClN5O2S/c1-2-15-7-11-17(12-8-15)25-21-19-5-3-4-6-20(19)29-22(26-21)23(27-28-29)32(30,31)18-13-9-16(24)10-14-18/h3-14H,2H2,1H3,(H,25,26). The summed E-state index contributed by atoms with van der Waals surface area (Å²) in [5, 5.41) is 12.4. The zero-order valence-electron chi connectivity index (χ0n) is 17.0. The van der Waals surface area contributed by atoms with Crippen LogP contribution in [0.2, 0.25) is 5.02 Å². The third kappa shape index (κ3) is 3.47. The highest BCUT2D eigenvalue weighted by Crippen LogP contribution is 2.30. The summed E-state index contributed by atoms with van der Waals surface area (Å²) in [6.07, 6.45) is 0.945. The lowest BCUT2D eigenvalue weighted by Gasteiger charge is -2.11. The van der Waals surface area contributed by atoms with Crippen LogP contribution in [0.25, 0.3) is 16.6 Å². The van der Waals surface area contributed by atoms with Crippen molar-refractivity contribution in [1.82, 2.24) is 19.8 Å². The first kappa shape index (κ1) is 20.4. The molecule has 0 aliphatic carbocycles. The summed E-state index contributed by atoms with van der Waals surface area (Å²) in [6, 6.07) is 21.5. The van der Waals surface area contributed by atoms with Gasteiger partial charge in [0.15, 0.2) is 5.65 Å². The Morgan fingerprint density at radius 2 is 1.69 bits per heavy atom. The van der Waals surface area contributed by atoms with Crippen LogP contribution in [0.1, 0.15) is 12.5 Å². The van der Waals surface area contributed by atoms with Crippen LogP contribution in [-0.4, -0.2) is 28.2 Å². The van der Waals surface area contributed by atoms with Gasteiger partial charge in [-0.2, -0.15) is 4.52 Å². The predicted molar refractivity (Wildman–Crippen MR) is 124 cm³/mol. The maximum Gasteiger partial charge on any atom is 0.229 e. The van der Waals surface area contributed by atoms with Gasteiger partial charge in [0.1, 0.15) is 5.82 Å². The monoisotopic (exact) mass is 463 g/mol. The average molecular weight is 464 g/mol. The Labute approximate surface area is 189 Å². The molecule has 0 aliphatic heterocycles. The topological polar surface area (TPSA) is 89.2 Å². The Kier molecular flexibility index (Phi) is 5.03. The molecular weight excluding hydrogens is 446 g/mol. The van der Waals surface area contributed by atoms with E-state index in [4.69, 9.17) is 11.6 Å². The highest BCUT2D eigenvalue weighted by Gasteiger charge is 2.27. The van der Waals surface area contributed by atoms with Crippen molar-refractivity contribution in [2.24, 2.45) is 0 Å². The smallest absolute Gasteiger partial charge is 0.229 e. The van der Waals surface area contributed by atoms with Crippen LogP contribution in [0.5, 0.6) is 0 Å². The molecule has 160 valence electrons. The molecule has 5 rings (SSSR count). The first-order chi connectivity index (χ1) is 15.5. The molecule has 7 nitrogen and oxygen atoms in total. The number of hydrogen-bond donors (Lipinski definition) is 1. The maximum absolute atomic E-state index is 13.3. The van der Waals surface area contributed by atoms with Crippen LogP contribution in [-0.2, 0) is 16.3 Å². The summed E-state index contributed by atoms with van der Waals surface area (Å²) in [6.45, 7) is 2.10. The van der Waals surface area contributed by atoms with Gasteiger partial charge in [0, 0.05) is 16.1 Å². The molecule has 0 spiro atoms. The molecule has 1 N–H and O–H groups in total. The van der Waals surface area contributed by atoms with Crippen LogP contribution in [0.3, 0.4) is 0 Å².